The van der Waals surface area contributed by atoms with Crippen molar-refractivity contribution < 1.29 is 13.2 Å². The van der Waals surface area contributed by atoms with Crippen molar-refractivity contribution >= 4 is 21.6 Å². The number of fused-ring (bicyclic) bond motifs is 1. The summed E-state index contributed by atoms with van der Waals surface area (Å²) in [6.07, 6.45) is -3.57. The summed E-state index contributed by atoms with van der Waals surface area (Å²) in [4.78, 5) is 4.26. The fraction of sp³-hybridized carbons (Fsp3) is 0.462. The number of nitrogens with one attached hydrogen (secondary N) is 1. The first-order chi connectivity index (χ1) is 8.86. The minimum atomic E-state index is -4.31. The molecular formula is C13H15F3N2S. The Balaban J connectivity index is 2.16. The van der Waals surface area contributed by atoms with Gasteiger partial charge in [0.1, 0.15) is 0 Å². The second-order valence-electron chi connectivity index (χ2n) is 4.65. The van der Waals surface area contributed by atoms with Crippen LogP contribution in [-0.2, 0) is 12.6 Å². The molecule has 0 bridgehead atoms. The third kappa shape index (κ3) is 3.67. The van der Waals surface area contributed by atoms with Crippen LogP contribution in [0.15, 0.2) is 18.2 Å². The van der Waals surface area contributed by atoms with Gasteiger partial charge in [-0.3, -0.25) is 0 Å². The lowest BCUT2D eigenvalue weighted by molar-refractivity contribution is -0.137. The van der Waals surface area contributed by atoms with E-state index in [1.807, 2.05) is 13.8 Å². The normalized spacial score (nSPS) is 12.5. The molecule has 0 fully saturated rings. The van der Waals surface area contributed by atoms with Gasteiger partial charge in [-0.1, -0.05) is 13.8 Å². The van der Waals surface area contributed by atoms with Crippen LogP contribution in [0.25, 0.3) is 10.2 Å². The first-order valence-corrected chi connectivity index (χ1v) is 6.88. The Labute approximate surface area is 113 Å². The molecule has 2 nitrogen and oxygen atoms in total. The van der Waals surface area contributed by atoms with E-state index in [2.05, 4.69) is 10.3 Å². The maximum atomic E-state index is 12.6. The molecular weight excluding hydrogens is 273 g/mol. The fourth-order valence-electron chi connectivity index (χ4n) is 1.73. The highest BCUT2D eigenvalue weighted by Crippen LogP contribution is 2.32. The summed E-state index contributed by atoms with van der Waals surface area (Å²) >= 11 is 1.45. The van der Waals surface area contributed by atoms with E-state index in [0.29, 0.717) is 11.6 Å². The van der Waals surface area contributed by atoms with Crippen LogP contribution in [0.5, 0.6) is 0 Å². The van der Waals surface area contributed by atoms with Crippen molar-refractivity contribution in [3.63, 3.8) is 0 Å². The average molecular weight is 288 g/mol. The minimum Gasteiger partial charge on any atom is -0.314 e. The van der Waals surface area contributed by atoms with E-state index < -0.39 is 11.7 Å². The van der Waals surface area contributed by atoms with Crippen LogP contribution in [0.2, 0.25) is 0 Å². The van der Waals surface area contributed by atoms with Crippen LogP contribution in [0.4, 0.5) is 13.2 Å². The highest BCUT2D eigenvalue weighted by Gasteiger charge is 2.30. The molecule has 0 radical (unpaired) electrons. The Hall–Kier alpha value is -1.14. The monoisotopic (exact) mass is 288 g/mol. The second kappa shape index (κ2) is 5.46. The molecule has 0 aliphatic carbocycles. The number of rotatable bonds is 4. The van der Waals surface area contributed by atoms with Gasteiger partial charge < -0.3 is 5.32 Å². The lowest BCUT2D eigenvalue weighted by atomic mass is 10.2. The van der Waals surface area contributed by atoms with Crippen LogP contribution < -0.4 is 5.32 Å². The van der Waals surface area contributed by atoms with Gasteiger partial charge in [-0.25, -0.2) is 4.98 Å². The lowest BCUT2D eigenvalue weighted by Crippen LogP contribution is -2.24. The van der Waals surface area contributed by atoms with E-state index in [9.17, 15) is 13.2 Å². The quantitative estimate of drug-likeness (QED) is 0.924. The van der Waals surface area contributed by atoms with Crippen molar-refractivity contribution in [3.8, 4) is 0 Å². The standard InChI is InChI=1S/C13H15F3N2S/c1-8(2)17-6-5-12-18-10-7-9(13(14,15)16)3-4-11(10)19-12/h3-4,7-8,17H,5-6H2,1-2H3. The Morgan fingerprint density at radius 2 is 2.05 bits per heavy atom. The smallest absolute Gasteiger partial charge is 0.314 e. The first-order valence-electron chi connectivity index (χ1n) is 6.06. The number of alkyl halides is 3. The maximum Gasteiger partial charge on any atom is 0.416 e. The zero-order chi connectivity index (χ0) is 14.0. The predicted molar refractivity (Wildman–Crippen MR) is 71.5 cm³/mol. The van der Waals surface area contributed by atoms with Gasteiger partial charge in [0.2, 0.25) is 0 Å². The van der Waals surface area contributed by atoms with E-state index in [-0.39, 0.29) is 0 Å². The Kier molecular flexibility index (Phi) is 4.10. The molecule has 6 heteroatoms. The highest BCUT2D eigenvalue weighted by atomic mass is 32.1. The van der Waals surface area contributed by atoms with Crippen molar-refractivity contribution in [2.75, 3.05) is 6.54 Å². The molecule has 0 saturated heterocycles. The molecule has 2 aromatic rings. The molecule has 104 valence electrons. The van der Waals surface area contributed by atoms with Gasteiger partial charge in [0.05, 0.1) is 20.8 Å². The lowest BCUT2D eigenvalue weighted by Gasteiger charge is -2.05. The molecule has 0 spiro atoms. The fourth-order valence-corrected chi connectivity index (χ4v) is 2.67. The number of nitrogens with zero attached hydrogens (tertiary/aromatic N) is 1. The predicted octanol–water partition coefficient (Wildman–Crippen LogP) is 3.86. The number of benzene rings is 1. The number of thiazole rings is 1. The Bertz CT molecular complexity index is 561. The third-order valence-electron chi connectivity index (χ3n) is 2.65. The molecule has 1 aromatic carbocycles. The first kappa shape index (κ1) is 14.3. The molecule has 0 saturated carbocycles. The maximum absolute atomic E-state index is 12.6. The van der Waals surface area contributed by atoms with Crippen LogP contribution >= 0.6 is 11.3 Å². The molecule has 0 unspecified atom stereocenters. The molecule has 0 aliphatic heterocycles. The van der Waals surface area contributed by atoms with E-state index in [1.165, 1.54) is 17.4 Å². The van der Waals surface area contributed by atoms with Crippen molar-refractivity contribution in [1.82, 2.24) is 10.3 Å². The van der Waals surface area contributed by atoms with E-state index in [0.717, 1.165) is 34.8 Å². The SMILES string of the molecule is CC(C)NCCc1nc2cc(C(F)(F)F)ccc2s1. The summed E-state index contributed by atoms with van der Waals surface area (Å²) < 4.78 is 38.5. The van der Waals surface area contributed by atoms with Crippen LogP contribution in [0, 0.1) is 0 Å². The number of hydrogen-bond acceptors (Lipinski definition) is 3. The zero-order valence-electron chi connectivity index (χ0n) is 10.7. The summed E-state index contributed by atoms with van der Waals surface area (Å²) in [6.45, 7) is 4.88. The molecule has 0 atom stereocenters. The molecule has 1 aromatic heterocycles. The minimum absolute atomic E-state index is 0.395. The molecule has 1 heterocycles. The van der Waals surface area contributed by atoms with Crippen LogP contribution in [0.1, 0.15) is 24.4 Å². The Morgan fingerprint density at radius 1 is 1.32 bits per heavy atom. The second-order valence-corrected chi connectivity index (χ2v) is 5.76. The summed E-state index contributed by atoms with van der Waals surface area (Å²) in [5.74, 6) is 0. The number of aromatic nitrogens is 1. The van der Waals surface area contributed by atoms with Crippen molar-refractivity contribution in [1.29, 1.82) is 0 Å². The average Bonchev–Trinajstić information content (AvgIpc) is 2.68. The summed E-state index contributed by atoms with van der Waals surface area (Å²) in [6, 6.07) is 4.11. The van der Waals surface area contributed by atoms with E-state index in [1.54, 1.807) is 0 Å². The highest BCUT2D eigenvalue weighted by molar-refractivity contribution is 7.18. The molecule has 1 N–H and O–H groups in total. The van der Waals surface area contributed by atoms with Crippen molar-refractivity contribution in [2.45, 2.75) is 32.5 Å². The van der Waals surface area contributed by atoms with Crippen molar-refractivity contribution in [2.24, 2.45) is 0 Å². The number of hydrogen-bond donors (Lipinski definition) is 1. The van der Waals surface area contributed by atoms with E-state index in [4.69, 9.17) is 0 Å². The van der Waals surface area contributed by atoms with E-state index >= 15 is 0 Å². The van der Waals surface area contributed by atoms with Gasteiger partial charge in [0.15, 0.2) is 0 Å². The van der Waals surface area contributed by atoms with Gasteiger partial charge in [-0.2, -0.15) is 13.2 Å². The molecule has 0 aliphatic rings. The molecule has 0 amide bonds. The largest absolute Gasteiger partial charge is 0.416 e. The van der Waals surface area contributed by atoms with Gasteiger partial charge in [0.25, 0.3) is 0 Å². The molecule has 19 heavy (non-hydrogen) atoms. The zero-order valence-corrected chi connectivity index (χ0v) is 11.5. The van der Waals surface area contributed by atoms with Gasteiger partial charge in [-0.05, 0) is 18.2 Å². The topological polar surface area (TPSA) is 24.9 Å². The van der Waals surface area contributed by atoms with Gasteiger partial charge in [-0.15, -0.1) is 11.3 Å². The molecule has 2 rings (SSSR count). The van der Waals surface area contributed by atoms with Crippen LogP contribution in [-0.4, -0.2) is 17.6 Å². The summed E-state index contributed by atoms with van der Waals surface area (Å²) in [5, 5.41) is 4.12. The Morgan fingerprint density at radius 3 is 2.68 bits per heavy atom. The van der Waals surface area contributed by atoms with Crippen molar-refractivity contribution in [3.05, 3.63) is 28.8 Å². The summed E-state index contributed by atoms with van der Waals surface area (Å²) in [7, 11) is 0. The van der Waals surface area contributed by atoms with Gasteiger partial charge >= 0.3 is 6.18 Å². The third-order valence-corrected chi connectivity index (χ3v) is 3.75. The summed E-state index contributed by atoms with van der Waals surface area (Å²) in [5.41, 5.74) is -0.212. The van der Waals surface area contributed by atoms with Gasteiger partial charge in [0, 0.05) is 19.0 Å². The number of halogens is 3. The van der Waals surface area contributed by atoms with Crippen LogP contribution in [0.3, 0.4) is 0 Å².